The molecule has 0 atom stereocenters. The summed E-state index contributed by atoms with van der Waals surface area (Å²) in [4.78, 5) is 12.4. The summed E-state index contributed by atoms with van der Waals surface area (Å²) in [6.45, 7) is 0.753. The van der Waals surface area contributed by atoms with Gasteiger partial charge in [0.1, 0.15) is 0 Å². The van der Waals surface area contributed by atoms with E-state index in [1.165, 1.54) is 38.4 Å². The maximum absolute atomic E-state index is 12.2. The van der Waals surface area contributed by atoms with E-state index in [0.717, 1.165) is 21.8 Å². The number of carbonyl (C=O) groups is 1. The maximum atomic E-state index is 12.2. The van der Waals surface area contributed by atoms with Crippen molar-refractivity contribution in [3.05, 3.63) is 29.8 Å². The van der Waals surface area contributed by atoms with Crippen molar-refractivity contribution in [2.45, 2.75) is 16.6 Å². The Hall–Kier alpha value is -1.91. The molecule has 0 radical (unpaired) electrons. The second-order valence-corrected chi connectivity index (χ2v) is 8.29. The van der Waals surface area contributed by atoms with E-state index in [-0.39, 0.29) is 10.8 Å². The minimum absolute atomic E-state index is 0.138. The maximum Gasteiger partial charge on any atom is 0.258 e. The van der Waals surface area contributed by atoms with Crippen LogP contribution in [0.15, 0.2) is 34.3 Å². The zero-order valence-corrected chi connectivity index (χ0v) is 14.2. The minimum atomic E-state index is -3.50. The Balaban J connectivity index is 1.78. The van der Waals surface area contributed by atoms with Crippen molar-refractivity contribution in [1.82, 2.24) is 19.1 Å². The standard InChI is InChI=1S/C13H15N5O3S2/c1-17(2)23(20,21)10-5-3-9(4-6-10)11(19)14-12-15-16-13-18(12)7-8-22-13/h3-6H,7-8H2,1-2H3,(H,14,15,19). The number of nitrogens with one attached hydrogen (secondary N) is 1. The molecule has 2 aromatic rings. The van der Waals surface area contributed by atoms with Crippen LogP contribution in [0.1, 0.15) is 10.4 Å². The number of thioether (sulfide) groups is 1. The number of carbonyl (C=O) groups excluding carboxylic acids is 1. The smallest absolute Gasteiger partial charge is 0.258 e. The molecule has 1 amide bonds. The van der Waals surface area contributed by atoms with E-state index < -0.39 is 10.0 Å². The fourth-order valence-corrected chi connectivity index (χ4v) is 3.87. The van der Waals surface area contributed by atoms with E-state index in [1.54, 1.807) is 11.8 Å². The van der Waals surface area contributed by atoms with Crippen molar-refractivity contribution in [3.63, 3.8) is 0 Å². The summed E-state index contributed by atoms with van der Waals surface area (Å²) >= 11 is 1.59. The molecule has 0 bridgehead atoms. The highest BCUT2D eigenvalue weighted by Crippen LogP contribution is 2.26. The predicted octanol–water partition coefficient (Wildman–Crippen LogP) is 0.886. The molecule has 1 aliphatic rings. The lowest BCUT2D eigenvalue weighted by molar-refractivity contribution is 0.102. The number of hydrogen-bond acceptors (Lipinski definition) is 6. The summed E-state index contributed by atoms with van der Waals surface area (Å²) in [6.07, 6.45) is 0. The van der Waals surface area contributed by atoms with Gasteiger partial charge in [-0.2, -0.15) is 0 Å². The van der Waals surface area contributed by atoms with Crippen molar-refractivity contribution in [2.75, 3.05) is 25.2 Å². The van der Waals surface area contributed by atoms with Gasteiger partial charge in [0.15, 0.2) is 5.16 Å². The largest absolute Gasteiger partial charge is 0.290 e. The van der Waals surface area contributed by atoms with Crippen LogP contribution in [-0.2, 0) is 16.6 Å². The summed E-state index contributed by atoms with van der Waals surface area (Å²) in [5, 5.41) is 11.4. The molecule has 10 heteroatoms. The highest BCUT2D eigenvalue weighted by molar-refractivity contribution is 7.99. The molecule has 0 spiro atoms. The Labute approximate surface area is 137 Å². The van der Waals surface area contributed by atoms with E-state index >= 15 is 0 Å². The van der Waals surface area contributed by atoms with Crippen molar-refractivity contribution in [2.24, 2.45) is 0 Å². The van der Waals surface area contributed by atoms with Crippen molar-refractivity contribution in [3.8, 4) is 0 Å². The molecular formula is C13H15N5O3S2. The Morgan fingerprint density at radius 3 is 2.61 bits per heavy atom. The minimum Gasteiger partial charge on any atom is -0.290 e. The molecule has 3 rings (SSSR count). The fraction of sp³-hybridized carbons (Fsp3) is 0.308. The van der Waals surface area contributed by atoms with Gasteiger partial charge in [0.2, 0.25) is 16.0 Å². The molecule has 0 aliphatic carbocycles. The third-order valence-corrected chi connectivity index (χ3v) is 6.16. The van der Waals surface area contributed by atoms with Crippen LogP contribution in [-0.4, -0.2) is 53.2 Å². The molecule has 0 fully saturated rings. The number of hydrogen-bond donors (Lipinski definition) is 1. The van der Waals surface area contributed by atoms with Gasteiger partial charge in [-0.25, -0.2) is 12.7 Å². The lowest BCUT2D eigenvalue weighted by Crippen LogP contribution is -2.22. The van der Waals surface area contributed by atoms with E-state index in [2.05, 4.69) is 15.5 Å². The molecule has 2 heterocycles. The van der Waals surface area contributed by atoms with Gasteiger partial charge in [-0.15, -0.1) is 10.2 Å². The molecule has 0 saturated carbocycles. The SMILES string of the molecule is CN(C)S(=O)(=O)c1ccc(C(=O)Nc2nnc3n2CCS3)cc1. The lowest BCUT2D eigenvalue weighted by Gasteiger charge is -2.11. The second-order valence-electron chi connectivity index (χ2n) is 5.07. The third kappa shape index (κ3) is 2.96. The number of nitrogens with zero attached hydrogens (tertiary/aromatic N) is 4. The van der Waals surface area contributed by atoms with Gasteiger partial charge in [0.25, 0.3) is 5.91 Å². The second kappa shape index (κ2) is 5.95. The number of benzene rings is 1. The van der Waals surface area contributed by atoms with E-state index in [9.17, 15) is 13.2 Å². The van der Waals surface area contributed by atoms with Crippen LogP contribution in [0, 0.1) is 0 Å². The molecule has 1 aromatic carbocycles. The molecule has 1 N–H and O–H groups in total. The quantitative estimate of drug-likeness (QED) is 0.877. The third-order valence-electron chi connectivity index (χ3n) is 3.38. The topological polar surface area (TPSA) is 97.2 Å². The Bertz CT molecular complexity index is 843. The van der Waals surface area contributed by atoms with Crippen molar-refractivity contribution in [1.29, 1.82) is 0 Å². The molecule has 23 heavy (non-hydrogen) atoms. The van der Waals surface area contributed by atoms with Gasteiger partial charge in [-0.3, -0.25) is 14.7 Å². The van der Waals surface area contributed by atoms with Crippen LogP contribution in [0.4, 0.5) is 5.95 Å². The molecule has 1 aromatic heterocycles. The first kappa shape index (κ1) is 16.0. The molecular weight excluding hydrogens is 338 g/mol. The number of rotatable bonds is 4. The predicted molar refractivity (Wildman–Crippen MR) is 86.0 cm³/mol. The fourth-order valence-electron chi connectivity index (χ4n) is 2.08. The van der Waals surface area contributed by atoms with E-state index in [4.69, 9.17) is 0 Å². The van der Waals surface area contributed by atoms with Crippen molar-refractivity contribution < 1.29 is 13.2 Å². The van der Waals surface area contributed by atoms with Crippen LogP contribution in [0.3, 0.4) is 0 Å². The number of aromatic nitrogens is 3. The summed E-state index contributed by atoms with van der Waals surface area (Å²) in [7, 11) is -0.589. The highest BCUT2D eigenvalue weighted by Gasteiger charge is 2.21. The van der Waals surface area contributed by atoms with E-state index in [0.29, 0.717) is 11.5 Å². The number of amides is 1. The van der Waals surface area contributed by atoms with Crippen molar-refractivity contribution >= 4 is 33.6 Å². The normalized spacial score (nSPS) is 14.0. The monoisotopic (exact) mass is 353 g/mol. The average molecular weight is 353 g/mol. The molecule has 0 unspecified atom stereocenters. The van der Waals surface area contributed by atoms with Crippen LogP contribution >= 0.6 is 11.8 Å². The molecule has 0 saturated heterocycles. The van der Waals surface area contributed by atoms with Gasteiger partial charge in [0, 0.05) is 32.0 Å². The van der Waals surface area contributed by atoms with Crippen LogP contribution in [0.2, 0.25) is 0 Å². The zero-order chi connectivity index (χ0) is 16.6. The lowest BCUT2D eigenvalue weighted by atomic mass is 10.2. The number of sulfonamides is 1. The first-order chi connectivity index (χ1) is 10.9. The number of anilines is 1. The summed E-state index contributed by atoms with van der Waals surface area (Å²) in [6, 6.07) is 5.77. The molecule has 122 valence electrons. The number of fused-ring (bicyclic) bond motifs is 1. The average Bonchev–Trinajstić information content (AvgIpc) is 3.12. The van der Waals surface area contributed by atoms with Crippen LogP contribution < -0.4 is 5.32 Å². The van der Waals surface area contributed by atoms with Gasteiger partial charge < -0.3 is 0 Å². The van der Waals surface area contributed by atoms with Gasteiger partial charge in [0.05, 0.1) is 4.90 Å². The Kier molecular flexibility index (Phi) is 4.13. The summed E-state index contributed by atoms with van der Waals surface area (Å²) < 4.78 is 27.0. The summed E-state index contributed by atoms with van der Waals surface area (Å²) in [5.74, 6) is 0.955. The zero-order valence-electron chi connectivity index (χ0n) is 12.6. The Morgan fingerprint density at radius 2 is 1.96 bits per heavy atom. The molecule has 8 nitrogen and oxygen atoms in total. The van der Waals surface area contributed by atoms with E-state index in [1.807, 2.05) is 4.57 Å². The van der Waals surface area contributed by atoms with Gasteiger partial charge >= 0.3 is 0 Å². The molecule has 1 aliphatic heterocycles. The van der Waals surface area contributed by atoms with Gasteiger partial charge in [-0.1, -0.05) is 11.8 Å². The van der Waals surface area contributed by atoms with Gasteiger partial charge in [-0.05, 0) is 24.3 Å². The first-order valence-electron chi connectivity index (χ1n) is 6.79. The summed E-state index contributed by atoms with van der Waals surface area (Å²) in [5.41, 5.74) is 0.353. The van der Waals surface area contributed by atoms with Crippen LogP contribution in [0.25, 0.3) is 0 Å². The highest BCUT2D eigenvalue weighted by atomic mass is 32.2. The Morgan fingerprint density at radius 1 is 1.26 bits per heavy atom. The van der Waals surface area contributed by atoms with Crippen LogP contribution in [0.5, 0.6) is 0 Å². The first-order valence-corrected chi connectivity index (χ1v) is 9.22.